The number of rotatable bonds is 2. The number of halogens is 1. The number of piperidine rings is 1. The summed E-state index contributed by atoms with van der Waals surface area (Å²) in [6, 6.07) is 3.76. The lowest BCUT2D eigenvalue weighted by atomic mass is 9.91. The van der Waals surface area contributed by atoms with Gasteiger partial charge >= 0.3 is 6.03 Å². The van der Waals surface area contributed by atoms with Crippen LogP contribution in [0.15, 0.2) is 12.1 Å². The van der Waals surface area contributed by atoms with Crippen LogP contribution in [0.1, 0.15) is 30.4 Å². The van der Waals surface area contributed by atoms with Crippen LogP contribution < -0.4 is 5.32 Å². The van der Waals surface area contributed by atoms with E-state index in [-0.39, 0.29) is 12.6 Å². The first-order chi connectivity index (χ1) is 10.4. The summed E-state index contributed by atoms with van der Waals surface area (Å²) in [4.78, 5) is 14.3. The van der Waals surface area contributed by atoms with E-state index in [0.29, 0.717) is 11.3 Å². The fourth-order valence-corrected chi connectivity index (χ4v) is 3.79. The molecule has 1 aliphatic heterocycles. The summed E-state index contributed by atoms with van der Waals surface area (Å²) in [7, 11) is 0. The highest BCUT2D eigenvalue weighted by atomic mass is 35.5. The number of carbonyl (C=O) groups excluding carboxylic acids is 1. The van der Waals surface area contributed by atoms with E-state index in [1.165, 1.54) is 0 Å². The minimum Gasteiger partial charge on any atom is -0.396 e. The van der Waals surface area contributed by atoms with Crippen LogP contribution in [0, 0.1) is 25.2 Å². The lowest BCUT2D eigenvalue weighted by Gasteiger charge is -2.33. The molecule has 1 aromatic carbocycles. The molecule has 1 unspecified atom stereocenters. The van der Waals surface area contributed by atoms with E-state index in [1.807, 2.05) is 30.9 Å². The van der Waals surface area contributed by atoms with Gasteiger partial charge in [-0.2, -0.15) is 0 Å². The first kappa shape index (κ1) is 15.6. The Balaban J connectivity index is 1.59. The molecule has 2 amide bonds. The van der Waals surface area contributed by atoms with Crippen molar-refractivity contribution in [1.29, 1.82) is 0 Å². The third-order valence-corrected chi connectivity index (χ3v) is 5.91. The molecule has 1 aliphatic carbocycles. The largest absolute Gasteiger partial charge is 0.396 e. The maximum atomic E-state index is 12.4. The zero-order valence-corrected chi connectivity index (χ0v) is 13.9. The maximum Gasteiger partial charge on any atom is 0.321 e. The molecule has 120 valence electrons. The van der Waals surface area contributed by atoms with Crippen molar-refractivity contribution in [2.24, 2.45) is 11.3 Å². The van der Waals surface area contributed by atoms with Gasteiger partial charge in [-0.05, 0) is 67.7 Å². The molecule has 2 N–H and O–H groups in total. The van der Waals surface area contributed by atoms with Gasteiger partial charge in [-0.1, -0.05) is 11.6 Å². The van der Waals surface area contributed by atoms with Crippen LogP contribution in [-0.2, 0) is 0 Å². The molecule has 4 nitrogen and oxygen atoms in total. The molecule has 1 atom stereocenters. The van der Waals surface area contributed by atoms with Crippen molar-refractivity contribution >= 4 is 23.3 Å². The summed E-state index contributed by atoms with van der Waals surface area (Å²) in [6.45, 7) is 5.72. The van der Waals surface area contributed by atoms with Gasteiger partial charge in [0, 0.05) is 30.4 Å². The predicted molar refractivity (Wildman–Crippen MR) is 88.4 cm³/mol. The molecule has 1 heterocycles. The Kier molecular flexibility index (Phi) is 4.08. The van der Waals surface area contributed by atoms with Crippen LogP contribution in [-0.4, -0.2) is 35.7 Å². The Morgan fingerprint density at radius 3 is 2.45 bits per heavy atom. The molecule has 1 spiro atoms. The summed E-state index contributed by atoms with van der Waals surface area (Å²) in [5.41, 5.74) is 3.06. The van der Waals surface area contributed by atoms with Gasteiger partial charge in [0.05, 0.1) is 0 Å². The highest BCUT2D eigenvalue weighted by molar-refractivity contribution is 6.32. The van der Waals surface area contributed by atoms with Crippen molar-refractivity contribution in [3.05, 3.63) is 28.3 Å². The molecule has 0 aromatic heterocycles. The second-order valence-electron chi connectivity index (χ2n) is 6.79. The monoisotopic (exact) mass is 322 g/mol. The first-order valence-electron chi connectivity index (χ1n) is 7.89. The Morgan fingerprint density at radius 1 is 1.36 bits per heavy atom. The number of aliphatic hydroxyl groups excluding tert-OH is 1. The summed E-state index contributed by atoms with van der Waals surface area (Å²) >= 11 is 6.16. The van der Waals surface area contributed by atoms with Gasteiger partial charge in [-0.3, -0.25) is 0 Å². The molecule has 5 heteroatoms. The molecule has 2 fully saturated rings. The van der Waals surface area contributed by atoms with E-state index >= 15 is 0 Å². The van der Waals surface area contributed by atoms with E-state index in [2.05, 4.69) is 5.32 Å². The van der Waals surface area contributed by atoms with Crippen molar-refractivity contribution in [2.75, 3.05) is 25.0 Å². The zero-order chi connectivity index (χ0) is 15.9. The SMILES string of the molecule is Cc1cc(NC(=O)N2CCC3(CC2)CC3CO)cc(C)c1Cl. The summed E-state index contributed by atoms with van der Waals surface area (Å²) < 4.78 is 0. The Morgan fingerprint density at radius 2 is 1.95 bits per heavy atom. The average Bonchev–Trinajstić information content (AvgIpc) is 3.18. The molecule has 1 saturated carbocycles. The molecule has 22 heavy (non-hydrogen) atoms. The van der Waals surface area contributed by atoms with Crippen molar-refractivity contribution < 1.29 is 9.90 Å². The Labute approximate surface area is 136 Å². The number of urea groups is 1. The number of hydrogen-bond acceptors (Lipinski definition) is 2. The minimum atomic E-state index is -0.0443. The van der Waals surface area contributed by atoms with Crippen molar-refractivity contribution in [3.63, 3.8) is 0 Å². The van der Waals surface area contributed by atoms with E-state index in [4.69, 9.17) is 11.6 Å². The number of benzene rings is 1. The van der Waals surface area contributed by atoms with Crippen molar-refractivity contribution in [1.82, 2.24) is 4.90 Å². The second-order valence-corrected chi connectivity index (χ2v) is 7.17. The van der Waals surface area contributed by atoms with Crippen LogP contribution in [0.2, 0.25) is 5.02 Å². The highest BCUT2D eigenvalue weighted by Gasteiger charge is 2.54. The Hall–Kier alpha value is -1.26. The van der Waals surface area contributed by atoms with Crippen LogP contribution in [0.4, 0.5) is 10.5 Å². The van der Waals surface area contributed by atoms with Crippen molar-refractivity contribution in [3.8, 4) is 0 Å². The van der Waals surface area contributed by atoms with Gasteiger partial charge in [-0.25, -0.2) is 4.79 Å². The third kappa shape index (κ3) is 2.82. The van der Waals surface area contributed by atoms with E-state index in [1.54, 1.807) is 0 Å². The third-order valence-electron chi connectivity index (χ3n) is 5.31. The number of aryl methyl sites for hydroxylation is 2. The van der Waals surface area contributed by atoms with Gasteiger partial charge in [-0.15, -0.1) is 0 Å². The lowest BCUT2D eigenvalue weighted by molar-refractivity contribution is 0.159. The molecular formula is C17H23ClN2O2. The second kappa shape index (κ2) is 5.74. The number of hydrogen-bond donors (Lipinski definition) is 2. The normalized spacial score (nSPS) is 22.7. The highest BCUT2D eigenvalue weighted by Crippen LogP contribution is 2.58. The van der Waals surface area contributed by atoms with Gasteiger partial charge in [0.2, 0.25) is 0 Å². The average molecular weight is 323 g/mol. The predicted octanol–water partition coefficient (Wildman–Crippen LogP) is 3.58. The van der Waals surface area contributed by atoms with E-state index < -0.39 is 0 Å². The van der Waals surface area contributed by atoms with Gasteiger partial charge in [0.15, 0.2) is 0 Å². The number of nitrogens with zero attached hydrogens (tertiary/aromatic N) is 1. The van der Waals surface area contributed by atoms with Crippen LogP contribution in [0.5, 0.6) is 0 Å². The summed E-state index contributed by atoms with van der Waals surface area (Å²) in [5.74, 6) is 0.458. The molecule has 2 aliphatic rings. The lowest BCUT2D eigenvalue weighted by Crippen LogP contribution is -2.42. The van der Waals surface area contributed by atoms with E-state index in [0.717, 1.165) is 54.2 Å². The van der Waals surface area contributed by atoms with E-state index in [9.17, 15) is 9.90 Å². The number of likely N-dealkylation sites (tertiary alicyclic amines) is 1. The number of nitrogens with one attached hydrogen (secondary N) is 1. The fourth-order valence-electron chi connectivity index (χ4n) is 3.68. The summed E-state index contributed by atoms with van der Waals surface area (Å²) in [6.07, 6.45) is 3.13. The molecular weight excluding hydrogens is 300 g/mol. The molecule has 1 saturated heterocycles. The number of carbonyl (C=O) groups is 1. The zero-order valence-electron chi connectivity index (χ0n) is 13.2. The quantitative estimate of drug-likeness (QED) is 0.874. The number of amides is 2. The number of anilines is 1. The molecule has 0 radical (unpaired) electrons. The van der Waals surface area contributed by atoms with Gasteiger partial charge < -0.3 is 15.3 Å². The first-order valence-corrected chi connectivity index (χ1v) is 8.26. The van der Waals surface area contributed by atoms with Crippen molar-refractivity contribution in [2.45, 2.75) is 33.1 Å². The van der Waals surface area contributed by atoms with Crippen LogP contribution in [0.3, 0.4) is 0 Å². The Bertz CT molecular complexity index is 571. The van der Waals surface area contributed by atoms with Gasteiger partial charge in [0.25, 0.3) is 0 Å². The maximum absolute atomic E-state index is 12.4. The van der Waals surface area contributed by atoms with Gasteiger partial charge in [0.1, 0.15) is 0 Å². The minimum absolute atomic E-state index is 0.0443. The molecule has 1 aromatic rings. The standard InChI is InChI=1S/C17H23ClN2O2/c1-11-7-14(8-12(2)15(11)18)19-16(22)20-5-3-17(4-6-20)9-13(17)10-21/h7-8,13,21H,3-6,9-10H2,1-2H3,(H,19,22). The topological polar surface area (TPSA) is 52.6 Å². The summed E-state index contributed by atoms with van der Waals surface area (Å²) in [5, 5.41) is 13.0. The smallest absolute Gasteiger partial charge is 0.321 e. The molecule has 3 rings (SSSR count). The van der Waals surface area contributed by atoms with Crippen LogP contribution >= 0.6 is 11.6 Å². The number of aliphatic hydroxyl groups is 1. The molecule has 0 bridgehead atoms. The van der Waals surface area contributed by atoms with Crippen LogP contribution in [0.25, 0.3) is 0 Å². The fraction of sp³-hybridized carbons (Fsp3) is 0.588.